The zero-order chi connectivity index (χ0) is 14.3. The van der Waals surface area contributed by atoms with E-state index >= 15 is 0 Å². The van der Waals surface area contributed by atoms with E-state index in [-0.39, 0.29) is 6.61 Å². The molecule has 4 nitrogen and oxygen atoms in total. The fraction of sp³-hybridized carbons (Fsp3) is 0.786. The lowest BCUT2D eigenvalue weighted by Crippen LogP contribution is -2.28. The summed E-state index contributed by atoms with van der Waals surface area (Å²) in [5.41, 5.74) is 0.869. The summed E-state index contributed by atoms with van der Waals surface area (Å²) in [4.78, 5) is 7.85. The van der Waals surface area contributed by atoms with Crippen LogP contribution in [0.2, 0.25) is 0 Å². The highest BCUT2D eigenvalue weighted by atomic mass is 32.1. The summed E-state index contributed by atoms with van der Waals surface area (Å²) in [5, 5.41) is 10.4. The lowest BCUT2D eigenvalue weighted by molar-refractivity contribution is 0.179. The first-order chi connectivity index (χ1) is 9.19. The van der Waals surface area contributed by atoms with Gasteiger partial charge >= 0.3 is 0 Å². The van der Waals surface area contributed by atoms with Crippen LogP contribution >= 0.6 is 11.3 Å². The Balaban J connectivity index is 2.85. The molecule has 0 aromatic carbocycles. The number of ether oxygens (including phenoxy) is 1. The molecule has 0 aliphatic carbocycles. The van der Waals surface area contributed by atoms with E-state index in [1.54, 1.807) is 18.4 Å². The highest BCUT2D eigenvalue weighted by Crippen LogP contribution is 2.28. The maximum absolute atomic E-state index is 9.38. The van der Waals surface area contributed by atoms with Crippen LogP contribution in [0.15, 0.2) is 0 Å². The average molecular weight is 286 g/mol. The average Bonchev–Trinajstić information content (AvgIpc) is 2.84. The Morgan fingerprint density at radius 1 is 1.32 bits per heavy atom. The molecular weight excluding hydrogens is 260 g/mol. The molecule has 0 spiro atoms. The fourth-order valence-electron chi connectivity index (χ4n) is 2.08. The number of thiazole rings is 1. The highest BCUT2D eigenvalue weighted by molar-refractivity contribution is 7.15. The van der Waals surface area contributed by atoms with Gasteiger partial charge in [0.2, 0.25) is 0 Å². The Hall–Kier alpha value is -0.650. The lowest BCUT2D eigenvalue weighted by atomic mass is 10.0. The van der Waals surface area contributed by atoms with Crippen molar-refractivity contribution < 1.29 is 9.84 Å². The molecule has 19 heavy (non-hydrogen) atoms. The monoisotopic (exact) mass is 286 g/mol. The normalized spacial score (nSPS) is 11.3. The minimum atomic E-state index is 0.0406. The van der Waals surface area contributed by atoms with Crippen LogP contribution < -0.4 is 4.90 Å². The molecule has 0 amide bonds. The molecule has 110 valence electrons. The van der Waals surface area contributed by atoms with Gasteiger partial charge in [0.25, 0.3) is 0 Å². The summed E-state index contributed by atoms with van der Waals surface area (Å²) in [5.74, 6) is 0.701. The maximum Gasteiger partial charge on any atom is 0.185 e. The van der Waals surface area contributed by atoms with Gasteiger partial charge in [-0.05, 0) is 12.8 Å². The second-order valence-electron chi connectivity index (χ2n) is 4.68. The topological polar surface area (TPSA) is 45.6 Å². The van der Waals surface area contributed by atoms with Gasteiger partial charge in [-0.3, -0.25) is 0 Å². The van der Waals surface area contributed by atoms with E-state index in [1.165, 1.54) is 12.8 Å². The molecule has 0 bridgehead atoms. The molecule has 0 aliphatic heterocycles. The quantitative estimate of drug-likeness (QED) is 0.758. The lowest BCUT2D eigenvalue weighted by Gasteiger charge is -2.24. The van der Waals surface area contributed by atoms with Crippen molar-refractivity contribution in [3.8, 4) is 0 Å². The van der Waals surface area contributed by atoms with Gasteiger partial charge in [0, 0.05) is 20.2 Å². The van der Waals surface area contributed by atoms with Crippen LogP contribution in [0.3, 0.4) is 0 Å². The largest absolute Gasteiger partial charge is 0.391 e. The molecule has 0 aliphatic rings. The number of hydrogen-bond acceptors (Lipinski definition) is 5. The fourth-order valence-corrected chi connectivity index (χ4v) is 3.07. The highest BCUT2D eigenvalue weighted by Gasteiger charge is 2.17. The molecule has 5 heteroatoms. The number of aliphatic hydroxyl groups excluding tert-OH is 1. The van der Waals surface area contributed by atoms with E-state index < -0.39 is 0 Å². The van der Waals surface area contributed by atoms with E-state index in [2.05, 4.69) is 30.7 Å². The molecular formula is C14H26N2O2S. The minimum Gasteiger partial charge on any atom is -0.391 e. The summed E-state index contributed by atoms with van der Waals surface area (Å²) in [6.45, 7) is 9.11. The number of aliphatic hydroxyl groups is 1. The van der Waals surface area contributed by atoms with Gasteiger partial charge in [-0.2, -0.15) is 0 Å². The first-order valence-electron chi connectivity index (χ1n) is 7.03. The van der Waals surface area contributed by atoms with Crippen molar-refractivity contribution in [2.24, 2.45) is 5.92 Å². The summed E-state index contributed by atoms with van der Waals surface area (Å²) in [6.07, 6.45) is 2.38. The van der Waals surface area contributed by atoms with Gasteiger partial charge in [0.05, 0.1) is 23.8 Å². The van der Waals surface area contributed by atoms with Crippen molar-refractivity contribution in [3.63, 3.8) is 0 Å². The van der Waals surface area contributed by atoms with E-state index in [1.807, 2.05) is 0 Å². The number of anilines is 1. The Bertz CT molecular complexity index is 364. The van der Waals surface area contributed by atoms with E-state index in [0.717, 1.165) is 28.8 Å². The second kappa shape index (κ2) is 8.51. The molecule has 0 saturated carbocycles. The predicted octanol–water partition coefficient (Wildman–Crippen LogP) is 3.04. The van der Waals surface area contributed by atoms with Gasteiger partial charge in [0.1, 0.15) is 0 Å². The second-order valence-corrected chi connectivity index (χ2v) is 5.74. The molecule has 1 aromatic rings. The Labute approximate surface area is 120 Å². The van der Waals surface area contributed by atoms with Crippen molar-refractivity contribution in [2.45, 2.75) is 46.8 Å². The SMILES string of the molecule is CCC(CC)CN(CC)c1nc(COC)c(CO)s1. The summed E-state index contributed by atoms with van der Waals surface area (Å²) < 4.78 is 5.14. The predicted molar refractivity (Wildman–Crippen MR) is 80.7 cm³/mol. The van der Waals surface area contributed by atoms with Crippen molar-refractivity contribution in [3.05, 3.63) is 10.6 Å². The van der Waals surface area contributed by atoms with Crippen molar-refractivity contribution in [1.29, 1.82) is 0 Å². The van der Waals surface area contributed by atoms with Crippen LogP contribution in [0.4, 0.5) is 5.13 Å². The molecule has 1 N–H and O–H groups in total. The van der Waals surface area contributed by atoms with Crippen molar-refractivity contribution in [1.82, 2.24) is 4.98 Å². The Morgan fingerprint density at radius 3 is 2.47 bits per heavy atom. The molecule has 0 unspecified atom stereocenters. The molecule has 1 rings (SSSR count). The van der Waals surface area contributed by atoms with E-state index in [4.69, 9.17) is 4.74 Å². The maximum atomic E-state index is 9.38. The van der Waals surface area contributed by atoms with Gasteiger partial charge < -0.3 is 14.7 Å². The zero-order valence-electron chi connectivity index (χ0n) is 12.5. The van der Waals surface area contributed by atoms with Crippen LogP contribution in [-0.2, 0) is 18.0 Å². The van der Waals surface area contributed by atoms with Gasteiger partial charge in [-0.25, -0.2) is 4.98 Å². The number of hydrogen-bond donors (Lipinski definition) is 1. The van der Waals surface area contributed by atoms with Crippen molar-refractivity contribution >= 4 is 16.5 Å². The molecule has 0 atom stereocenters. The zero-order valence-corrected chi connectivity index (χ0v) is 13.3. The van der Waals surface area contributed by atoms with E-state index in [0.29, 0.717) is 12.5 Å². The number of methoxy groups -OCH3 is 1. The summed E-state index contributed by atoms with van der Waals surface area (Å²) in [7, 11) is 1.65. The smallest absolute Gasteiger partial charge is 0.185 e. The van der Waals surface area contributed by atoms with Crippen LogP contribution in [0, 0.1) is 5.92 Å². The molecule has 0 saturated heterocycles. The van der Waals surface area contributed by atoms with Crippen LogP contribution in [0.1, 0.15) is 44.2 Å². The Kier molecular flexibility index (Phi) is 7.34. The molecule has 0 fully saturated rings. The van der Waals surface area contributed by atoms with Gasteiger partial charge in [-0.1, -0.05) is 38.0 Å². The first-order valence-corrected chi connectivity index (χ1v) is 7.84. The van der Waals surface area contributed by atoms with E-state index in [9.17, 15) is 5.11 Å². The summed E-state index contributed by atoms with van der Waals surface area (Å²) in [6, 6.07) is 0. The van der Waals surface area contributed by atoms with Crippen molar-refractivity contribution in [2.75, 3.05) is 25.1 Å². The minimum absolute atomic E-state index is 0.0406. The van der Waals surface area contributed by atoms with Crippen LogP contribution in [-0.4, -0.2) is 30.3 Å². The Morgan fingerprint density at radius 2 is 2.00 bits per heavy atom. The number of aromatic nitrogens is 1. The summed E-state index contributed by atoms with van der Waals surface area (Å²) >= 11 is 1.58. The number of rotatable bonds is 9. The molecule has 0 radical (unpaired) electrons. The first kappa shape index (κ1) is 16.4. The third-order valence-corrected chi connectivity index (χ3v) is 4.62. The number of nitrogens with zero attached hydrogens (tertiary/aromatic N) is 2. The third kappa shape index (κ3) is 4.44. The van der Waals surface area contributed by atoms with Gasteiger partial charge in [-0.15, -0.1) is 0 Å². The molecule has 1 heterocycles. The van der Waals surface area contributed by atoms with Crippen LogP contribution in [0.25, 0.3) is 0 Å². The molecule has 1 aromatic heterocycles. The third-order valence-electron chi connectivity index (χ3n) is 3.48. The standard InChI is InChI=1S/C14H26N2O2S/c1-5-11(6-2)8-16(7-3)14-15-12(10-18-4)13(9-17)19-14/h11,17H,5-10H2,1-4H3. The van der Waals surface area contributed by atoms with Gasteiger partial charge in [0.15, 0.2) is 5.13 Å². The van der Waals surface area contributed by atoms with Crippen LogP contribution in [0.5, 0.6) is 0 Å².